The van der Waals surface area contributed by atoms with Crippen LogP contribution in [0.15, 0.2) is 54.6 Å². The van der Waals surface area contributed by atoms with Crippen molar-refractivity contribution in [3.05, 3.63) is 77.1 Å². The average molecular weight is 536 g/mol. The van der Waals surface area contributed by atoms with Crippen LogP contribution in [0.1, 0.15) is 64.2 Å². The third kappa shape index (κ3) is 5.94. The second-order valence-corrected chi connectivity index (χ2v) is 11.6. The lowest BCUT2D eigenvalue weighted by Crippen LogP contribution is -2.50. The van der Waals surface area contributed by atoms with Gasteiger partial charge in [-0.3, -0.25) is 10.1 Å². The van der Waals surface area contributed by atoms with Crippen molar-refractivity contribution in [3.63, 3.8) is 0 Å². The van der Waals surface area contributed by atoms with E-state index in [1.54, 1.807) is 52.0 Å². The Bertz CT molecular complexity index is 1410. The monoisotopic (exact) mass is 535 g/mol. The van der Waals surface area contributed by atoms with E-state index in [1.807, 2.05) is 24.3 Å². The molecular weight excluding hydrogens is 501 g/mol. The second kappa shape index (κ2) is 10.1. The maximum atomic E-state index is 15.0. The van der Waals surface area contributed by atoms with E-state index in [4.69, 9.17) is 4.74 Å². The number of carbonyl (C=O) groups is 2. The molecule has 0 spiro atoms. The lowest BCUT2D eigenvalue weighted by Gasteiger charge is -2.37. The summed E-state index contributed by atoms with van der Waals surface area (Å²) >= 11 is 0. The van der Waals surface area contributed by atoms with Crippen LogP contribution in [0.2, 0.25) is 0 Å². The molecule has 206 valence electrons. The van der Waals surface area contributed by atoms with Crippen molar-refractivity contribution in [2.45, 2.75) is 58.7 Å². The summed E-state index contributed by atoms with van der Waals surface area (Å²) in [5, 5.41) is 25.0. The van der Waals surface area contributed by atoms with Gasteiger partial charge < -0.3 is 20.3 Å². The number of fused-ring (bicyclic) bond motifs is 2. The molecule has 0 radical (unpaired) electrons. The Hall–Kier alpha value is -3.82. The Balaban J connectivity index is 1.71. The van der Waals surface area contributed by atoms with Crippen molar-refractivity contribution in [1.29, 1.82) is 0 Å². The third-order valence-electron chi connectivity index (χ3n) is 6.81. The molecule has 9 heteroatoms. The summed E-state index contributed by atoms with van der Waals surface area (Å²) in [6, 6.07) is 14.6. The minimum Gasteiger partial charge on any atom is -0.435 e. The smallest absolute Gasteiger partial charge is 0.321 e. The summed E-state index contributed by atoms with van der Waals surface area (Å²) < 4.78 is 20.9. The Morgan fingerprint density at radius 3 is 2.23 bits per heavy atom. The molecule has 4 rings (SSSR count). The molecule has 0 fully saturated rings. The fraction of sp³-hybridized carbons (Fsp3) is 0.367. The molecule has 0 aliphatic carbocycles. The molecule has 8 nitrogen and oxygen atoms in total. The van der Waals surface area contributed by atoms with Crippen molar-refractivity contribution < 1.29 is 28.9 Å². The number of pyridine rings is 1. The predicted molar refractivity (Wildman–Crippen MR) is 145 cm³/mol. The van der Waals surface area contributed by atoms with E-state index in [0.29, 0.717) is 16.8 Å². The molecular formula is C30H34FN3O5. The van der Waals surface area contributed by atoms with Gasteiger partial charge in [-0.05, 0) is 45.4 Å². The number of aromatic nitrogens is 1. The standard InChI is InChI=1S/C30H34FN3O5/c1-28(2,37)16-32-27(36)34-26(35)29(3,4)23-19-8-7-9-21(31)24(19)39-25-20(23)14-15-22(33-25)17-10-12-18(13-11-17)30(5,6)38/h7-15,23,37-38H,16H2,1-6H3,(H2,32,34,35,36). The fourth-order valence-electron chi connectivity index (χ4n) is 4.60. The number of aliphatic hydroxyl groups is 2. The van der Waals surface area contributed by atoms with Gasteiger partial charge in [-0.1, -0.05) is 56.3 Å². The number of para-hydroxylation sites is 1. The van der Waals surface area contributed by atoms with E-state index in [0.717, 1.165) is 11.1 Å². The number of nitrogens with zero attached hydrogens (tertiary/aromatic N) is 1. The van der Waals surface area contributed by atoms with Crippen molar-refractivity contribution in [3.8, 4) is 22.9 Å². The first-order valence-electron chi connectivity index (χ1n) is 12.7. The van der Waals surface area contributed by atoms with Crippen LogP contribution in [0.4, 0.5) is 9.18 Å². The largest absolute Gasteiger partial charge is 0.435 e. The molecule has 3 amide bonds. The average Bonchev–Trinajstić information content (AvgIpc) is 2.85. The summed E-state index contributed by atoms with van der Waals surface area (Å²) in [5.41, 5.74) is -0.249. The number of rotatable bonds is 6. The first kappa shape index (κ1) is 28.2. The molecule has 2 aromatic carbocycles. The molecule has 0 saturated carbocycles. The topological polar surface area (TPSA) is 121 Å². The number of carbonyl (C=O) groups excluding carboxylic acids is 2. The molecule has 39 heavy (non-hydrogen) atoms. The summed E-state index contributed by atoms with van der Waals surface area (Å²) in [6.45, 7) is 9.76. The van der Waals surface area contributed by atoms with E-state index in [9.17, 15) is 24.2 Å². The highest BCUT2D eigenvalue weighted by atomic mass is 19.1. The van der Waals surface area contributed by atoms with Crippen LogP contribution < -0.4 is 15.4 Å². The summed E-state index contributed by atoms with van der Waals surface area (Å²) in [5.74, 6) is -1.73. The van der Waals surface area contributed by atoms with Crippen molar-refractivity contribution in [2.75, 3.05) is 6.54 Å². The highest BCUT2D eigenvalue weighted by Gasteiger charge is 2.45. The van der Waals surface area contributed by atoms with Gasteiger partial charge in [-0.15, -0.1) is 0 Å². The number of hydrogen-bond donors (Lipinski definition) is 4. The van der Waals surface area contributed by atoms with Gasteiger partial charge in [0.1, 0.15) is 0 Å². The van der Waals surface area contributed by atoms with E-state index in [1.165, 1.54) is 19.9 Å². The first-order chi connectivity index (χ1) is 18.1. The van der Waals surface area contributed by atoms with Crippen molar-refractivity contribution in [2.24, 2.45) is 5.41 Å². The van der Waals surface area contributed by atoms with Gasteiger partial charge in [0.05, 0.1) is 22.3 Å². The normalized spacial score (nSPS) is 15.1. The summed E-state index contributed by atoms with van der Waals surface area (Å²) in [7, 11) is 0. The molecule has 1 aromatic heterocycles. The van der Waals surface area contributed by atoms with Crippen LogP contribution in [0, 0.1) is 11.2 Å². The van der Waals surface area contributed by atoms with E-state index in [-0.39, 0.29) is 18.2 Å². The minimum absolute atomic E-state index is 0.0237. The summed E-state index contributed by atoms with van der Waals surface area (Å²) in [4.78, 5) is 30.5. The quantitative estimate of drug-likeness (QED) is 0.354. The minimum atomic E-state index is -1.23. The number of hydrogen-bond acceptors (Lipinski definition) is 6. The number of ether oxygens (including phenoxy) is 1. The Morgan fingerprint density at radius 2 is 1.62 bits per heavy atom. The molecule has 1 unspecified atom stereocenters. The number of halogens is 1. The molecule has 3 aromatic rings. The number of benzene rings is 2. The van der Waals surface area contributed by atoms with E-state index in [2.05, 4.69) is 15.6 Å². The number of urea groups is 1. The lowest BCUT2D eigenvalue weighted by molar-refractivity contribution is -0.129. The molecule has 0 saturated heterocycles. The Kier molecular flexibility index (Phi) is 7.27. The zero-order valence-electron chi connectivity index (χ0n) is 22.9. The van der Waals surface area contributed by atoms with Gasteiger partial charge in [-0.25, -0.2) is 14.2 Å². The zero-order chi connectivity index (χ0) is 28.8. The lowest BCUT2D eigenvalue weighted by atomic mass is 9.69. The van der Waals surface area contributed by atoms with Gasteiger partial charge in [0.15, 0.2) is 11.6 Å². The fourth-order valence-corrected chi connectivity index (χ4v) is 4.60. The van der Waals surface area contributed by atoms with Crippen LogP contribution in [-0.2, 0) is 10.4 Å². The van der Waals surface area contributed by atoms with E-state index < -0.39 is 40.3 Å². The van der Waals surface area contributed by atoms with Crippen LogP contribution in [0.3, 0.4) is 0 Å². The van der Waals surface area contributed by atoms with Crippen LogP contribution in [0.5, 0.6) is 11.6 Å². The van der Waals surface area contributed by atoms with Crippen molar-refractivity contribution >= 4 is 11.9 Å². The third-order valence-corrected chi connectivity index (χ3v) is 6.81. The SMILES string of the molecule is CC(C)(O)CNC(=O)NC(=O)C(C)(C)C1c2ccc(-c3ccc(C(C)(C)O)cc3)nc2Oc2c(F)cccc21. The predicted octanol–water partition coefficient (Wildman–Crippen LogP) is 4.98. The molecule has 1 atom stereocenters. The maximum Gasteiger partial charge on any atom is 0.321 e. The van der Waals surface area contributed by atoms with Gasteiger partial charge in [0.2, 0.25) is 11.8 Å². The number of imide groups is 1. The molecule has 1 aliphatic heterocycles. The molecule has 0 bridgehead atoms. The van der Waals surface area contributed by atoms with Gasteiger partial charge >= 0.3 is 6.03 Å². The highest BCUT2D eigenvalue weighted by Crippen LogP contribution is 2.52. The highest BCUT2D eigenvalue weighted by molar-refractivity contribution is 5.98. The first-order valence-corrected chi connectivity index (χ1v) is 12.7. The zero-order valence-corrected chi connectivity index (χ0v) is 22.9. The molecule has 2 heterocycles. The van der Waals surface area contributed by atoms with Crippen LogP contribution in [-0.4, -0.2) is 39.3 Å². The Labute approximate surface area is 227 Å². The molecule has 4 N–H and O–H groups in total. The van der Waals surface area contributed by atoms with Crippen LogP contribution >= 0.6 is 0 Å². The summed E-state index contributed by atoms with van der Waals surface area (Å²) in [6.07, 6.45) is 0. The van der Waals surface area contributed by atoms with E-state index >= 15 is 0 Å². The molecule has 1 aliphatic rings. The Morgan fingerprint density at radius 1 is 0.949 bits per heavy atom. The van der Waals surface area contributed by atoms with Crippen molar-refractivity contribution in [1.82, 2.24) is 15.6 Å². The number of amides is 3. The van der Waals surface area contributed by atoms with Crippen LogP contribution in [0.25, 0.3) is 11.3 Å². The maximum absolute atomic E-state index is 15.0. The second-order valence-electron chi connectivity index (χ2n) is 11.6. The number of nitrogens with one attached hydrogen (secondary N) is 2. The van der Waals surface area contributed by atoms with Gasteiger partial charge in [-0.2, -0.15) is 0 Å². The van der Waals surface area contributed by atoms with Gasteiger partial charge in [0.25, 0.3) is 0 Å². The van der Waals surface area contributed by atoms with Gasteiger partial charge in [0, 0.05) is 29.2 Å².